The Kier molecular flexibility index (Phi) is 8.43. The van der Waals surface area contributed by atoms with Crippen molar-refractivity contribution in [3.05, 3.63) is 72.3 Å². The van der Waals surface area contributed by atoms with E-state index in [4.69, 9.17) is 18.9 Å². The topological polar surface area (TPSA) is 103 Å². The first kappa shape index (κ1) is 25.7. The summed E-state index contributed by atoms with van der Waals surface area (Å²) >= 11 is 0. The van der Waals surface area contributed by atoms with E-state index in [9.17, 15) is 13.2 Å². The maximum atomic E-state index is 12.8. The molecule has 3 aromatic rings. The number of para-hydroxylation sites is 3. The van der Waals surface area contributed by atoms with Gasteiger partial charge in [-0.25, -0.2) is 8.42 Å². The molecule has 1 N–H and O–H groups in total. The van der Waals surface area contributed by atoms with Crippen LogP contribution in [0.15, 0.2) is 66.7 Å². The van der Waals surface area contributed by atoms with Crippen molar-refractivity contribution in [2.45, 2.75) is 6.54 Å². The fourth-order valence-corrected chi connectivity index (χ4v) is 4.29. The van der Waals surface area contributed by atoms with Gasteiger partial charge in [0, 0.05) is 12.1 Å². The predicted octanol–water partition coefficient (Wildman–Crippen LogP) is 3.59. The third kappa shape index (κ3) is 6.36. The maximum absolute atomic E-state index is 12.8. The molecule has 0 atom stereocenters. The summed E-state index contributed by atoms with van der Waals surface area (Å²) in [5.74, 6) is 1.62. The number of rotatable bonds is 11. The van der Waals surface area contributed by atoms with Crippen LogP contribution >= 0.6 is 0 Å². The molecule has 3 aromatic carbocycles. The summed E-state index contributed by atoms with van der Waals surface area (Å²) in [6.07, 6.45) is 1.04. The molecule has 0 spiro atoms. The minimum Gasteiger partial charge on any atom is -0.493 e. The van der Waals surface area contributed by atoms with Crippen molar-refractivity contribution in [3.8, 4) is 28.7 Å². The molecule has 0 aliphatic carbocycles. The molecule has 0 heterocycles. The Hall–Kier alpha value is -3.92. The van der Waals surface area contributed by atoms with Gasteiger partial charge in [0.25, 0.3) is 0 Å². The molecule has 9 nitrogen and oxygen atoms in total. The van der Waals surface area contributed by atoms with E-state index < -0.39 is 22.5 Å². The van der Waals surface area contributed by atoms with Crippen LogP contribution in [0.2, 0.25) is 0 Å². The second-order valence-electron chi connectivity index (χ2n) is 7.42. The number of sulfonamides is 1. The van der Waals surface area contributed by atoms with Crippen LogP contribution in [0.25, 0.3) is 0 Å². The summed E-state index contributed by atoms with van der Waals surface area (Å²) in [5.41, 5.74) is 0.884. The highest BCUT2D eigenvalue weighted by atomic mass is 32.2. The van der Waals surface area contributed by atoms with E-state index in [0.29, 0.717) is 34.3 Å². The molecule has 1 amide bonds. The van der Waals surface area contributed by atoms with E-state index >= 15 is 0 Å². The van der Waals surface area contributed by atoms with Gasteiger partial charge in [0.05, 0.1) is 33.3 Å². The number of anilines is 1. The third-order valence-electron chi connectivity index (χ3n) is 5.05. The number of amides is 1. The van der Waals surface area contributed by atoms with E-state index in [1.807, 2.05) is 18.2 Å². The number of nitrogens with one attached hydrogen (secondary N) is 1. The third-order valence-corrected chi connectivity index (χ3v) is 6.18. The standard InChI is InChI=1S/C25H28N2O7S/c1-31-22-15-14-18(24(32-2)25(22)33-3)16-26-23(28)17-27(35(4,29)30)20-12-8-9-13-21(20)34-19-10-6-5-7-11-19/h5-15H,16-17H2,1-4H3,(H,26,28). The molecule has 0 aliphatic heterocycles. The van der Waals surface area contributed by atoms with Gasteiger partial charge in [-0.05, 0) is 36.4 Å². The molecule has 0 fully saturated rings. The second kappa shape index (κ2) is 11.5. The normalized spacial score (nSPS) is 10.9. The Balaban J connectivity index is 1.81. The van der Waals surface area contributed by atoms with Crippen LogP contribution in [0.3, 0.4) is 0 Å². The lowest BCUT2D eigenvalue weighted by atomic mass is 10.1. The van der Waals surface area contributed by atoms with E-state index in [1.54, 1.807) is 48.5 Å². The van der Waals surface area contributed by atoms with E-state index in [2.05, 4.69) is 5.32 Å². The van der Waals surface area contributed by atoms with Crippen molar-refractivity contribution in [1.29, 1.82) is 0 Å². The van der Waals surface area contributed by atoms with Crippen molar-refractivity contribution in [2.24, 2.45) is 0 Å². The van der Waals surface area contributed by atoms with Crippen LogP contribution < -0.4 is 28.6 Å². The Bertz CT molecular complexity index is 1260. The molecule has 0 saturated heterocycles. The predicted molar refractivity (Wildman–Crippen MR) is 133 cm³/mol. The Morgan fingerprint density at radius 3 is 2.11 bits per heavy atom. The van der Waals surface area contributed by atoms with Crippen molar-refractivity contribution < 1.29 is 32.2 Å². The monoisotopic (exact) mass is 500 g/mol. The zero-order valence-electron chi connectivity index (χ0n) is 20.0. The first-order valence-electron chi connectivity index (χ1n) is 10.6. The Morgan fingerprint density at radius 1 is 0.829 bits per heavy atom. The fourth-order valence-electron chi connectivity index (χ4n) is 3.43. The lowest BCUT2D eigenvalue weighted by Crippen LogP contribution is -2.40. The molecule has 0 saturated carbocycles. The lowest BCUT2D eigenvalue weighted by Gasteiger charge is -2.24. The molecule has 35 heavy (non-hydrogen) atoms. The number of carbonyl (C=O) groups excluding carboxylic acids is 1. The average molecular weight is 501 g/mol. The molecule has 0 bridgehead atoms. The highest BCUT2D eigenvalue weighted by Crippen LogP contribution is 2.39. The van der Waals surface area contributed by atoms with Gasteiger partial charge in [-0.15, -0.1) is 0 Å². The van der Waals surface area contributed by atoms with Crippen LogP contribution in [-0.4, -0.2) is 48.5 Å². The highest BCUT2D eigenvalue weighted by molar-refractivity contribution is 7.92. The van der Waals surface area contributed by atoms with Gasteiger partial charge in [-0.3, -0.25) is 9.10 Å². The fraction of sp³-hybridized carbons (Fsp3) is 0.240. The molecule has 10 heteroatoms. The molecule has 0 aliphatic rings. The number of benzene rings is 3. The van der Waals surface area contributed by atoms with Gasteiger partial charge < -0.3 is 24.3 Å². The van der Waals surface area contributed by atoms with Crippen molar-refractivity contribution in [3.63, 3.8) is 0 Å². The second-order valence-corrected chi connectivity index (χ2v) is 9.33. The Morgan fingerprint density at radius 2 is 1.49 bits per heavy atom. The number of nitrogens with zero attached hydrogens (tertiary/aromatic N) is 1. The first-order chi connectivity index (χ1) is 16.8. The van der Waals surface area contributed by atoms with Crippen molar-refractivity contribution in [2.75, 3.05) is 38.4 Å². The number of ether oxygens (including phenoxy) is 4. The van der Waals surface area contributed by atoms with Crippen LogP contribution in [0.4, 0.5) is 5.69 Å². The summed E-state index contributed by atoms with van der Waals surface area (Å²) in [7, 11) is 0.671. The average Bonchev–Trinajstić information content (AvgIpc) is 2.85. The molecule has 0 radical (unpaired) electrons. The highest BCUT2D eigenvalue weighted by Gasteiger charge is 2.24. The number of carbonyl (C=O) groups is 1. The molecule has 0 aromatic heterocycles. The minimum atomic E-state index is -3.81. The molecular formula is C25H28N2O7S. The van der Waals surface area contributed by atoms with Gasteiger partial charge in [0.1, 0.15) is 12.3 Å². The van der Waals surface area contributed by atoms with Gasteiger partial charge >= 0.3 is 0 Å². The van der Waals surface area contributed by atoms with E-state index in [-0.39, 0.29) is 12.2 Å². The zero-order valence-corrected chi connectivity index (χ0v) is 20.8. The molecular weight excluding hydrogens is 472 g/mol. The maximum Gasteiger partial charge on any atom is 0.241 e. The summed E-state index contributed by atoms with van der Waals surface area (Å²) in [4.78, 5) is 12.8. The summed E-state index contributed by atoms with van der Waals surface area (Å²) in [5, 5.41) is 2.74. The van der Waals surface area contributed by atoms with Crippen molar-refractivity contribution in [1.82, 2.24) is 5.32 Å². The van der Waals surface area contributed by atoms with E-state index in [1.165, 1.54) is 21.3 Å². The molecule has 3 rings (SSSR count). The Labute approximate surface area is 205 Å². The summed E-state index contributed by atoms with van der Waals surface area (Å²) in [6, 6.07) is 19.0. The zero-order chi connectivity index (χ0) is 25.4. The van der Waals surface area contributed by atoms with Crippen LogP contribution in [0.1, 0.15) is 5.56 Å². The molecule has 186 valence electrons. The van der Waals surface area contributed by atoms with E-state index in [0.717, 1.165) is 10.6 Å². The number of hydrogen-bond donors (Lipinski definition) is 1. The quantitative estimate of drug-likeness (QED) is 0.429. The minimum absolute atomic E-state index is 0.0854. The van der Waals surface area contributed by atoms with Crippen LogP contribution in [-0.2, 0) is 21.4 Å². The van der Waals surface area contributed by atoms with Gasteiger partial charge in [-0.1, -0.05) is 30.3 Å². The largest absolute Gasteiger partial charge is 0.493 e. The first-order valence-corrected chi connectivity index (χ1v) is 12.5. The van der Waals surface area contributed by atoms with Gasteiger partial charge in [-0.2, -0.15) is 0 Å². The van der Waals surface area contributed by atoms with Gasteiger partial charge in [0.15, 0.2) is 17.2 Å². The smallest absolute Gasteiger partial charge is 0.241 e. The van der Waals surface area contributed by atoms with Crippen LogP contribution in [0.5, 0.6) is 28.7 Å². The van der Waals surface area contributed by atoms with Crippen LogP contribution in [0, 0.1) is 0 Å². The SMILES string of the molecule is COc1ccc(CNC(=O)CN(c2ccccc2Oc2ccccc2)S(C)(=O)=O)c(OC)c1OC. The number of methoxy groups -OCH3 is 3. The summed E-state index contributed by atoms with van der Waals surface area (Å²) in [6.45, 7) is -0.355. The van der Waals surface area contributed by atoms with Gasteiger partial charge in [0.2, 0.25) is 21.7 Å². The van der Waals surface area contributed by atoms with Crippen molar-refractivity contribution >= 4 is 21.6 Å². The summed E-state index contributed by atoms with van der Waals surface area (Å²) < 4.78 is 48.3. The number of hydrogen-bond acceptors (Lipinski definition) is 7. The lowest BCUT2D eigenvalue weighted by molar-refractivity contribution is -0.119. The molecule has 0 unspecified atom stereocenters.